The van der Waals surface area contributed by atoms with Crippen LogP contribution >= 0.6 is 11.6 Å². The second-order valence-electron chi connectivity index (χ2n) is 7.04. The van der Waals surface area contributed by atoms with Crippen molar-refractivity contribution in [2.75, 3.05) is 13.2 Å². The number of hydrogen-bond donors (Lipinski definition) is 1. The molecule has 0 aliphatic rings. The van der Waals surface area contributed by atoms with E-state index in [4.69, 9.17) is 16.3 Å². The smallest absolute Gasteiger partial charge is 0.220 e. The van der Waals surface area contributed by atoms with E-state index in [1.807, 2.05) is 25.1 Å². The van der Waals surface area contributed by atoms with Crippen molar-refractivity contribution < 1.29 is 9.53 Å². The summed E-state index contributed by atoms with van der Waals surface area (Å²) in [5.41, 5.74) is 1.02. The highest BCUT2D eigenvalue weighted by atomic mass is 35.5. The average Bonchev–Trinajstić information content (AvgIpc) is 2.62. The van der Waals surface area contributed by atoms with Crippen molar-refractivity contribution in [3.05, 3.63) is 28.8 Å². The van der Waals surface area contributed by atoms with E-state index in [0.29, 0.717) is 18.1 Å². The Hall–Kier alpha value is -1.22. The van der Waals surface area contributed by atoms with Gasteiger partial charge in [-0.05, 0) is 43.5 Å². The van der Waals surface area contributed by atoms with Gasteiger partial charge in [-0.3, -0.25) is 4.79 Å². The molecule has 1 N–H and O–H groups in total. The van der Waals surface area contributed by atoms with Crippen LogP contribution in [0.3, 0.4) is 0 Å². The highest BCUT2D eigenvalue weighted by Crippen LogP contribution is 2.21. The zero-order chi connectivity index (χ0) is 19.0. The van der Waals surface area contributed by atoms with Crippen molar-refractivity contribution in [3.63, 3.8) is 0 Å². The number of carbonyl (C=O) groups excluding carboxylic acids is 1. The van der Waals surface area contributed by atoms with Gasteiger partial charge in [0.15, 0.2) is 0 Å². The van der Waals surface area contributed by atoms with Gasteiger partial charge in [0, 0.05) is 18.0 Å². The lowest BCUT2D eigenvalue weighted by Gasteiger charge is -2.09. The Labute approximate surface area is 164 Å². The molecular weight excluding hydrogens is 346 g/mol. The Morgan fingerprint density at radius 3 is 2.31 bits per heavy atom. The van der Waals surface area contributed by atoms with E-state index in [0.717, 1.165) is 30.7 Å². The minimum absolute atomic E-state index is 0.126. The SMILES string of the molecule is CCCCCCCCCCCNC(=O)CCCOc1ccc(Cl)cc1C. The fourth-order valence-corrected chi connectivity index (χ4v) is 3.17. The van der Waals surface area contributed by atoms with Crippen LogP contribution in [-0.2, 0) is 4.79 Å². The molecule has 0 fully saturated rings. The van der Waals surface area contributed by atoms with E-state index in [9.17, 15) is 4.79 Å². The lowest BCUT2D eigenvalue weighted by Crippen LogP contribution is -2.24. The summed E-state index contributed by atoms with van der Waals surface area (Å²) in [6.45, 7) is 5.57. The molecule has 0 saturated heterocycles. The maximum atomic E-state index is 11.8. The van der Waals surface area contributed by atoms with Crippen molar-refractivity contribution in [1.82, 2.24) is 5.32 Å². The van der Waals surface area contributed by atoms with Crippen molar-refractivity contribution in [2.24, 2.45) is 0 Å². The number of halogens is 1. The molecule has 26 heavy (non-hydrogen) atoms. The second-order valence-corrected chi connectivity index (χ2v) is 7.48. The highest BCUT2D eigenvalue weighted by Gasteiger charge is 2.03. The third kappa shape index (κ3) is 11.4. The van der Waals surface area contributed by atoms with Gasteiger partial charge in [-0.15, -0.1) is 0 Å². The molecule has 0 saturated carbocycles. The minimum Gasteiger partial charge on any atom is -0.493 e. The molecule has 148 valence electrons. The fraction of sp³-hybridized carbons (Fsp3) is 0.682. The van der Waals surface area contributed by atoms with E-state index in [1.54, 1.807) is 0 Å². The van der Waals surface area contributed by atoms with Crippen LogP contribution in [-0.4, -0.2) is 19.1 Å². The first-order valence-corrected chi connectivity index (χ1v) is 10.7. The first-order chi connectivity index (χ1) is 12.6. The van der Waals surface area contributed by atoms with Crippen LogP contribution in [0.5, 0.6) is 5.75 Å². The Kier molecular flexibility index (Phi) is 13.1. The van der Waals surface area contributed by atoms with Crippen molar-refractivity contribution in [3.8, 4) is 5.75 Å². The lowest BCUT2D eigenvalue weighted by atomic mass is 10.1. The normalized spacial score (nSPS) is 10.7. The number of carbonyl (C=O) groups is 1. The number of benzene rings is 1. The molecule has 0 radical (unpaired) electrons. The van der Waals surface area contributed by atoms with E-state index in [1.165, 1.54) is 51.4 Å². The highest BCUT2D eigenvalue weighted by molar-refractivity contribution is 6.30. The molecule has 3 nitrogen and oxygen atoms in total. The summed E-state index contributed by atoms with van der Waals surface area (Å²) in [5.74, 6) is 0.963. The van der Waals surface area contributed by atoms with Crippen LogP contribution in [0.25, 0.3) is 0 Å². The molecule has 0 spiro atoms. The van der Waals surface area contributed by atoms with Gasteiger partial charge in [0.25, 0.3) is 0 Å². The largest absolute Gasteiger partial charge is 0.493 e. The number of unbranched alkanes of at least 4 members (excludes halogenated alkanes) is 8. The molecule has 0 aromatic heterocycles. The van der Waals surface area contributed by atoms with Crippen LogP contribution in [0.1, 0.15) is 83.1 Å². The van der Waals surface area contributed by atoms with Gasteiger partial charge in [-0.25, -0.2) is 0 Å². The van der Waals surface area contributed by atoms with Gasteiger partial charge in [0.05, 0.1) is 6.61 Å². The first-order valence-electron chi connectivity index (χ1n) is 10.3. The summed E-state index contributed by atoms with van der Waals surface area (Å²) in [4.78, 5) is 11.8. The molecule has 4 heteroatoms. The van der Waals surface area contributed by atoms with Gasteiger partial charge in [0.2, 0.25) is 5.91 Å². The van der Waals surface area contributed by atoms with Gasteiger partial charge in [-0.1, -0.05) is 69.9 Å². The summed E-state index contributed by atoms with van der Waals surface area (Å²) in [7, 11) is 0. The van der Waals surface area contributed by atoms with Crippen LogP contribution in [0.15, 0.2) is 18.2 Å². The third-order valence-electron chi connectivity index (χ3n) is 4.55. The van der Waals surface area contributed by atoms with Gasteiger partial charge in [-0.2, -0.15) is 0 Å². The molecule has 0 aliphatic carbocycles. The second kappa shape index (κ2) is 14.9. The maximum Gasteiger partial charge on any atom is 0.220 e. The van der Waals surface area contributed by atoms with Crippen LogP contribution in [0.4, 0.5) is 0 Å². The molecule has 0 unspecified atom stereocenters. The first kappa shape index (κ1) is 22.8. The van der Waals surface area contributed by atoms with Crippen LogP contribution in [0.2, 0.25) is 5.02 Å². The summed E-state index contributed by atoms with van der Waals surface area (Å²) < 4.78 is 5.71. The molecular formula is C22H36ClNO2. The minimum atomic E-state index is 0.126. The van der Waals surface area contributed by atoms with Crippen LogP contribution in [0, 0.1) is 6.92 Å². The molecule has 1 rings (SSSR count). The monoisotopic (exact) mass is 381 g/mol. The predicted molar refractivity (Wildman–Crippen MR) is 111 cm³/mol. The molecule has 1 aromatic rings. The number of rotatable bonds is 15. The third-order valence-corrected chi connectivity index (χ3v) is 4.78. The van der Waals surface area contributed by atoms with Crippen molar-refractivity contribution in [2.45, 2.75) is 84.5 Å². The summed E-state index contributed by atoms with van der Waals surface area (Å²) in [6, 6.07) is 5.58. The predicted octanol–water partition coefficient (Wildman–Crippen LogP) is 6.45. The number of ether oxygens (including phenoxy) is 1. The Morgan fingerprint density at radius 2 is 1.65 bits per heavy atom. The maximum absolute atomic E-state index is 11.8. The molecule has 0 heterocycles. The van der Waals surface area contributed by atoms with E-state index >= 15 is 0 Å². The van der Waals surface area contributed by atoms with Gasteiger partial charge >= 0.3 is 0 Å². The van der Waals surface area contributed by atoms with E-state index in [2.05, 4.69) is 12.2 Å². The number of aryl methyl sites for hydroxylation is 1. The van der Waals surface area contributed by atoms with Crippen molar-refractivity contribution >= 4 is 17.5 Å². The average molecular weight is 382 g/mol. The van der Waals surface area contributed by atoms with Crippen LogP contribution < -0.4 is 10.1 Å². The Balaban J connectivity index is 1.92. The van der Waals surface area contributed by atoms with E-state index < -0.39 is 0 Å². The summed E-state index contributed by atoms with van der Waals surface area (Å²) in [6.07, 6.45) is 13.0. The standard InChI is InChI=1S/C22H36ClNO2/c1-3-4-5-6-7-8-9-10-11-16-24-22(25)13-12-17-26-21-15-14-20(23)18-19(21)2/h14-15,18H,3-13,16-17H2,1-2H3,(H,24,25). The quantitative estimate of drug-likeness (QED) is 0.354. The molecule has 0 aliphatic heterocycles. The number of nitrogens with one attached hydrogen (secondary N) is 1. The zero-order valence-corrected chi connectivity index (χ0v) is 17.4. The van der Waals surface area contributed by atoms with Crippen molar-refractivity contribution in [1.29, 1.82) is 0 Å². The summed E-state index contributed by atoms with van der Waals surface area (Å²) in [5, 5.41) is 3.72. The molecule has 0 atom stereocenters. The summed E-state index contributed by atoms with van der Waals surface area (Å²) >= 11 is 5.93. The fourth-order valence-electron chi connectivity index (χ4n) is 2.94. The van der Waals surface area contributed by atoms with Gasteiger partial charge < -0.3 is 10.1 Å². The number of amides is 1. The Bertz CT molecular complexity index is 505. The molecule has 1 aromatic carbocycles. The molecule has 0 bridgehead atoms. The topological polar surface area (TPSA) is 38.3 Å². The number of hydrogen-bond acceptors (Lipinski definition) is 2. The Morgan fingerprint density at radius 1 is 1.00 bits per heavy atom. The lowest BCUT2D eigenvalue weighted by molar-refractivity contribution is -0.121. The van der Waals surface area contributed by atoms with E-state index in [-0.39, 0.29) is 5.91 Å². The zero-order valence-electron chi connectivity index (χ0n) is 16.6. The van der Waals surface area contributed by atoms with Gasteiger partial charge in [0.1, 0.15) is 5.75 Å². The molecule has 1 amide bonds.